The Bertz CT molecular complexity index is 1820. The molecule has 12 nitrogen and oxygen atoms in total. The lowest BCUT2D eigenvalue weighted by Gasteiger charge is -2.28. The number of hydrogen-bond acceptors (Lipinski definition) is 9. The molecule has 252 valence electrons. The molecular formula is C36H41N5O7. The minimum Gasteiger partial charge on any atom is -0.491 e. The predicted octanol–water partition coefficient (Wildman–Crippen LogP) is 3.72. The van der Waals surface area contributed by atoms with Crippen molar-refractivity contribution in [1.82, 2.24) is 19.6 Å². The number of fused-ring (bicyclic) bond motifs is 1. The highest BCUT2D eigenvalue weighted by atomic mass is 16.5. The molecule has 1 aliphatic heterocycles. The van der Waals surface area contributed by atoms with Crippen molar-refractivity contribution in [2.45, 2.75) is 50.7 Å². The molecule has 0 spiro atoms. The van der Waals surface area contributed by atoms with Gasteiger partial charge in [0.1, 0.15) is 0 Å². The first-order chi connectivity index (χ1) is 23.2. The van der Waals surface area contributed by atoms with E-state index in [1.807, 2.05) is 48.7 Å². The number of amides is 1. The summed E-state index contributed by atoms with van der Waals surface area (Å²) in [6, 6.07) is 18.0. The number of methoxy groups -OCH3 is 2. The minimum atomic E-state index is -1.91. The van der Waals surface area contributed by atoms with Crippen molar-refractivity contribution in [3.8, 4) is 11.4 Å². The van der Waals surface area contributed by atoms with Gasteiger partial charge in [-0.2, -0.15) is 0 Å². The van der Waals surface area contributed by atoms with Crippen molar-refractivity contribution in [2.75, 3.05) is 32.3 Å². The van der Waals surface area contributed by atoms with E-state index in [0.29, 0.717) is 55.0 Å². The van der Waals surface area contributed by atoms with E-state index in [9.17, 15) is 24.6 Å². The van der Waals surface area contributed by atoms with Gasteiger partial charge in [-0.05, 0) is 55.2 Å². The number of ether oxygens (including phenoxy) is 2. The monoisotopic (exact) mass is 655 g/mol. The highest BCUT2D eigenvalue weighted by Crippen LogP contribution is 2.46. The number of aliphatic hydroxyl groups is 2. The molecule has 3 heterocycles. The number of hydrogen-bond donors (Lipinski definition) is 2. The van der Waals surface area contributed by atoms with E-state index < -0.39 is 17.4 Å². The van der Waals surface area contributed by atoms with Crippen LogP contribution in [0.1, 0.15) is 55.3 Å². The highest BCUT2D eigenvalue weighted by molar-refractivity contribution is 6.07. The van der Waals surface area contributed by atoms with Crippen LogP contribution in [0.15, 0.2) is 90.0 Å². The zero-order chi connectivity index (χ0) is 34.3. The Balaban J connectivity index is 1.36. The Hall–Kier alpha value is -5.07. The number of carbonyl (C=O) groups excluding carboxylic acids is 2. The molecule has 1 aliphatic rings. The molecule has 12 heteroatoms. The van der Waals surface area contributed by atoms with Gasteiger partial charge in [0.15, 0.2) is 11.4 Å². The molecule has 5 rings (SSSR count). The standard InChI is InChI=1S/C36H41N5O7/c1-25(12-7-9-19-39-23-30(37-38-39)28(24-42)26-13-5-4-6-14-26)36(46)29-22-27(40-21-11-15-32(47-2)34(40)44)17-18-31(29)41(35(36)45)20-10-8-16-33(43)48-3/h4-7,11-15,17-18,21-23,25,28,42,46H,8-10,16,19-20,24H2,1-3H3/b12-7+/t25-,28?,36+/m1/s1. The Morgan fingerprint density at radius 1 is 1.04 bits per heavy atom. The van der Waals surface area contributed by atoms with E-state index in [-0.39, 0.29) is 36.2 Å². The molecule has 48 heavy (non-hydrogen) atoms. The number of benzene rings is 2. The van der Waals surface area contributed by atoms with E-state index in [1.54, 1.807) is 53.0 Å². The number of unbranched alkanes of at least 4 members (excludes halogenated alkanes) is 1. The number of allylic oxidation sites excluding steroid dienone is 1. The molecule has 3 atom stereocenters. The third-order valence-corrected chi connectivity index (χ3v) is 8.81. The molecule has 1 unspecified atom stereocenters. The maximum Gasteiger partial charge on any atom is 0.305 e. The minimum absolute atomic E-state index is 0.0926. The van der Waals surface area contributed by atoms with Crippen molar-refractivity contribution in [2.24, 2.45) is 5.92 Å². The van der Waals surface area contributed by atoms with Crippen LogP contribution in [-0.4, -0.2) is 69.0 Å². The molecule has 0 aliphatic carbocycles. The highest BCUT2D eigenvalue weighted by Gasteiger charge is 2.52. The maximum atomic E-state index is 14.0. The first-order valence-corrected chi connectivity index (χ1v) is 16.0. The fourth-order valence-corrected chi connectivity index (χ4v) is 6.06. The van der Waals surface area contributed by atoms with Gasteiger partial charge in [0.2, 0.25) is 0 Å². The van der Waals surface area contributed by atoms with Crippen molar-refractivity contribution in [1.29, 1.82) is 0 Å². The summed E-state index contributed by atoms with van der Waals surface area (Å²) in [6.07, 6.45) is 8.95. The molecule has 2 aromatic carbocycles. The summed E-state index contributed by atoms with van der Waals surface area (Å²) in [5.41, 5.74) is 0.761. The van der Waals surface area contributed by atoms with Gasteiger partial charge >= 0.3 is 5.97 Å². The molecule has 0 radical (unpaired) electrons. The van der Waals surface area contributed by atoms with Crippen molar-refractivity contribution in [3.05, 3.63) is 112 Å². The van der Waals surface area contributed by atoms with Crippen LogP contribution < -0.4 is 15.2 Å². The molecule has 2 N–H and O–H groups in total. The Labute approximate surface area is 278 Å². The molecule has 2 aromatic heterocycles. The van der Waals surface area contributed by atoms with Crippen LogP contribution in [0, 0.1) is 5.92 Å². The number of carbonyl (C=O) groups is 2. The summed E-state index contributed by atoms with van der Waals surface area (Å²) in [5.74, 6) is -1.54. The lowest BCUT2D eigenvalue weighted by atomic mass is 9.82. The molecule has 4 aromatic rings. The smallest absolute Gasteiger partial charge is 0.305 e. The predicted molar refractivity (Wildman–Crippen MR) is 179 cm³/mol. The molecule has 0 fully saturated rings. The number of rotatable bonds is 15. The van der Waals surface area contributed by atoms with Crippen LogP contribution >= 0.6 is 0 Å². The fourth-order valence-electron chi connectivity index (χ4n) is 6.06. The average molecular weight is 656 g/mol. The van der Waals surface area contributed by atoms with Gasteiger partial charge in [-0.15, -0.1) is 5.10 Å². The number of aliphatic hydroxyl groups excluding tert-OH is 1. The fraction of sp³-hybridized carbons (Fsp3) is 0.361. The van der Waals surface area contributed by atoms with Crippen molar-refractivity contribution < 1.29 is 29.3 Å². The normalized spacial score (nSPS) is 17.0. The van der Waals surface area contributed by atoms with Crippen molar-refractivity contribution >= 4 is 17.6 Å². The largest absolute Gasteiger partial charge is 0.491 e. The summed E-state index contributed by atoms with van der Waals surface area (Å²) in [6.45, 7) is 2.49. The number of anilines is 1. The molecule has 0 saturated carbocycles. The Morgan fingerprint density at radius 3 is 2.56 bits per heavy atom. The van der Waals surface area contributed by atoms with Crippen LogP contribution in [0.25, 0.3) is 5.69 Å². The van der Waals surface area contributed by atoms with Gasteiger partial charge in [0, 0.05) is 49.1 Å². The van der Waals surface area contributed by atoms with Crippen LogP contribution in [0.4, 0.5) is 5.69 Å². The lowest BCUT2D eigenvalue weighted by molar-refractivity contribution is -0.140. The van der Waals surface area contributed by atoms with Gasteiger partial charge in [0.25, 0.3) is 11.5 Å². The summed E-state index contributed by atoms with van der Waals surface area (Å²) in [7, 11) is 2.76. The SMILES string of the molecule is COC(=O)CCCCN1C(=O)[C@](O)([C@H](C)/C=C/CCn2cc(C(CO)c3ccccc3)nn2)c2cc(-n3cccc(OC)c3=O)ccc21. The third kappa shape index (κ3) is 6.95. The summed E-state index contributed by atoms with van der Waals surface area (Å²) < 4.78 is 13.1. The summed E-state index contributed by atoms with van der Waals surface area (Å²) in [4.78, 5) is 40.2. The number of aromatic nitrogens is 4. The first kappa shape index (κ1) is 34.3. The molecule has 0 bridgehead atoms. The van der Waals surface area contributed by atoms with E-state index in [0.717, 1.165) is 5.56 Å². The lowest BCUT2D eigenvalue weighted by Crippen LogP contribution is -2.44. The van der Waals surface area contributed by atoms with Gasteiger partial charge in [0.05, 0.1) is 38.1 Å². The van der Waals surface area contributed by atoms with Crippen LogP contribution in [0.3, 0.4) is 0 Å². The molecule has 1 amide bonds. The van der Waals surface area contributed by atoms with Gasteiger partial charge in [-0.3, -0.25) is 23.6 Å². The zero-order valence-electron chi connectivity index (χ0n) is 27.4. The first-order valence-electron chi connectivity index (χ1n) is 16.0. The maximum absolute atomic E-state index is 14.0. The van der Waals surface area contributed by atoms with Crippen LogP contribution in [0.5, 0.6) is 5.75 Å². The second kappa shape index (κ2) is 15.2. The Morgan fingerprint density at radius 2 is 1.83 bits per heavy atom. The summed E-state index contributed by atoms with van der Waals surface area (Å²) >= 11 is 0. The van der Waals surface area contributed by atoms with Gasteiger partial charge in [-0.1, -0.05) is 54.6 Å². The van der Waals surface area contributed by atoms with E-state index in [4.69, 9.17) is 9.47 Å². The van der Waals surface area contributed by atoms with Crippen LogP contribution in [0.2, 0.25) is 0 Å². The van der Waals surface area contributed by atoms with Crippen molar-refractivity contribution in [3.63, 3.8) is 0 Å². The topological polar surface area (TPSA) is 149 Å². The second-order valence-corrected chi connectivity index (χ2v) is 11.8. The second-order valence-electron chi connectivity index (χ2n) is 11.8. The van der Waals surface area contributed by atoms with Crippen LogP contribution in [-0.2, 0) is 26.5 Å². The zero-order valence-corrected chi connectivity index (χ0v) is 27.4. The summed E-state index contributed by atoms with van der Waals surface area (Å²) in [5, 5.41) is 30.7. The molecular weight excluding hydrogens is 614 g/mol. The number of aryl methyl sites for hydroxylation is 1. The van der Waals surface area contributed by atoms with Gasteiger partial charge < -0.3 is 24.6 Å². The van der Waals surface area contributed by atoms with Gasteiger partial charge in [-0.25, -0.2) is 0 Å². The number of pyridine rings is 1. The third-order valence-electron chi connectivity index (χ3n) is 8.81. The average Bonchev–Trinajstić information content (AvgIpc) is 3.66. The van der Waals surface area contributed by atoms with E-state index >= 15 is 0 Å². The van der Waals surface area contributed by atoms with E-state index in [2.05, 4.69) is 10.3 Å². The number of esters is 1. The molecule has 0 saturated heterocycles. The number of nitrogens with zero attached hydrogens (tertiary/aromatic N) is 5. The quantitative estimate of drug-likeness (QED) is 0.111. The van der Waals surface area contributed by atoms with E-state index in [1.165, 1.54) is 18.8 Å². The Kier molecular flexibility index (Phi) is 10.9.